The Kier molecular flexibility index (Phi) is 5.14. The summed E-state index contributed by atoms with van der Waals surface area (Å²) in [5.74, 6) is -0.101. The van der Waals surface area contributed by atoms with E-state index in [9.17, 15) is 4.79 Å². The van der Waals surface area contributed by atoms with E-state index in [1.54, 1.807) is 6.07 Å². The van der Waals surface area contributed by atoms with E-state index in [2.05, 4.69) is 20.8 Å². The van der Waals surface area contributed by atoms with Crippen LogP contribution in [-0.2, 0) is 6.42 Å². The Balaban J connectivity index is 0.00000161. The van der Waals surface area contributed by atoms with Crippen LogP contribution in [0.3, 0.4) is 0 Å². The Hall–Kier alpha value is -1.66. The minimum atomic E-state index is -0.101. The summed E-state index contributed by atoms with van der Waals surface area (Å²) >= 11 is 0. The van der Waals surface area contributed by atoms with Crippen molar-refractivity contribution in [1.29, 1.82) is 0 Å². The topological polar surface area (TPSA) is 80.0 Å². The number of amides is 1. The van der Waals surface area contributed by atoms with Gasteiger partial charge in [0.05, 0.1) is 16.6 Å². The number of nitrogens with one attached hydrogen (secondary N) is 2. The van der Waals surface area contributed by atoms with Crippen LogP contribution in [0.5, 0.6) is 0 Å². The molecule has 0 radical (unpaired) electrons. The zero-order valence-corrected chi connectivity index (χ0v) is 12.7. The molecule has 0 bridgehead atoms. The molecule has 1 saturated heterocycles. The number of carbonyl (C=O) groups excluding carboxylic acids is 1. The summed E-state index contributed by atoms with van der Waals surface area (Å²) in [5.41, 5.74) is 1.86. The lowest BCUT2D eigenvalue weighted by Crippen LogP contribution is -2.37. The number of aryl methyl sites for hydroxylation is 1. The molecule has 7 heteroatoms. The Morgan fingerprint density at radius 2 is 2.43 bits per heavy atom. The maximum absolute atomic E-state index is 12.1. The van der Waals surface area contributed by atoms with E-state index in [1.165, 1.54) is 12.6 Å². The first-order valence-electron chi connectivity index (χ1n) is 7.04. The van der Waals surface area contributed by atoms with E-state index in [1.807, 2.05) is 6.92 Å². The number of fused-ring (bicyclic) bond motifs is 1. The highest BCUT2D eigenvalue weighted by atomic mass is 35.5. The molecule has 2 aromatic heterocycles. The van der Waals surface area contributed by atoms with E-state index in [0.717, 1.165) is 30.5 Å². The van der Waals surface area contributed by atoms with Crippen molar-refractivity contribution < 1.29 is 9.32 Å². The zero-order valence-electron chi connectivity index (χ0n) is 11.9. The molecular formula is C14H19ClN4O2. The minimum Gasteiger partial charge on any atom is -0.350 e. The molecule has 1 unspecified atom stereocenters. The molecule has 114 valence electrons. The van der Waals surface area contributed by atoms with Gasteiger partial charge in [0, 0.05) is 18.8 Å². The lowest BCUT2D eigenvalue weighted by atomic mass is 10.1. The van der Waals surface area contributed by atoms with E-state index < -0.39 is 0 Å². The summed E-state index contributed by atoms with van der Waals surface area (Å²) < 4.78 is 5.11. The standard InChI is InChI=1S/C14H18N4O2.ClH/c1-2-12-11-6-9(7-17-14(11)20-18-12)13(19)16-8-10-4-3-5-15-10;/h6-7,10,15H,2-5,8H2,1H3,(H,16,19);1H. The van der Waals surface area contributed by atoms with Crippen molar-refractivity contribution in [3.8, 4) is 0 Å². The predicted octanol–water partition coefficient (Wildman–Crippen LogP) is 1.69. The third-order valence-electron chi connectivity index (χ3n) is 3.67. The fraction of sp³-hybridized carbons (Fsp3) is 0.500. The quantitative estimate of drug-likeness (QED) is 0.898. The van der Waals surface area contributed by atoms with E-state index in [0.29, 0.717) is 23.9 Å². The Bertz CT molecular complexity index is 622. The molecule has 6 nitrogen and oxygen atoms in total. The van der Waals surface area contributed by atoms with Gasteiger partial charge in [0.25, 0.3) is 11.6 Å². The Morgan fingerprint density at radius 3 is 3.14 bits per heavy atom. The van der Waals surface area contributed by atoms with Gasteiger partial charge >= 0.3 is 0 Å². The van der Waals surface area contributed by atoms with Gasteiger partial charge < -0.3 is 15.2 Å². The Morgan fingerprint density at radius 1 is 1.57 bits per heavy atom. The minimum absolute atomic E-state index is 0. The fourth-order valence-electron chi connectivity index (χ4n) is 2.51. The summed E-state index contributed by atoms with van der Waals surface area (Å²) in [5, 5.41) is 11.1. The van der Waals surface area contributed by atoms with Gasteiger partial charge in [-0.1, -0.05) is 12.1 Å². The summed E-state index contributed by atoms with van der Waals surface area (Å²) in [7, 11) is 0. The van der Waals surface area contributed by atoms with Gasteiger partial charge in [-0.05, 0) is 31.9 Å². The van der Waals surface area contributed by atoms with Crippen LogP contribution in [0.25, 0.3) is 11.1 Å². The van der Waals surface area contributed by atoms with Gasteiger partial charge in [-0.15, -0.1) is 12.4 Å². The van der Waals surface area contributed by atoms with Crippen molar-refractivity contribution >= 4 is 29.4 Å². The molecule has 3 rings (SSSR count). The monoisotopic (exact) mass is 310 g/mol. The second-order valence-corrected chi connectivity index (χ2v) is 5.06. The lowest BCUT2D eigenvalue weighted by Gasteiger charge is -2.11. The highest BCUT2D eigenvalue weighted by Gasteiger charge is 2.16. The van der Waals surface area contributed by atoms with Gasteiger partial charge in [0.1, 0.15) is 0 Å². The maximum Gasteiger partial charge on any atom is 0.257 e. The van der Waals surface area contributed by atoms with Crippen molar-refractivity contribution in [3.63, 3.8) is 0 Å². The van der Waals surface area contributed by atoms with Crippen LogP contribution in [0.4, 0.5) is 0 Å². The molecule has 3 heterocycles. The highest BCUT2D eigenvalue weighted by Crippen LogP contribution is 2.18. The van der Waals surface area contributed by atoms with Crippen molar-refractivity contribution in [2.75, 3.05) is 13.1 Å². The molecule has 0 aliphatic carbocycles. The van der Waals surface area contributed by atoms with Gasteiger partial charge in [-0.2, -0.15) is 0 Å². The van der Waals surface area contributed by atoms with Gasteiger partial charge in [0.15, 0.2) is 0 Å². The number of hydrogen-bond acceptors (Lipinski definition) is 5. The van der Waals surface area contributed by atoms with E-state index >= 15 is 0 Å². The average molecular weight is 311 g/mol. The first-order chi connectivity index (χ1) is 9.78. The molecule has 2 N–H and O–H groups in total. The second kappa shape index (κ2) is 6.87. The van der Waals surface area contributed by atoms with Crippen LogP contribution in [0.2, 0.25) is 0 Å². The number of carbonyl (C=O) groups is 1. The summed E-state index contributed by atoms with van der Waals surface area (Å²) in [6.45, 7) is 3.69. The number of aromatic nitrogens is 2. The molecule has 2 aromatic rings. The van der Waals surface area contributed by atoms with Crippen LogP contribution >= 0.6 is 12.4 Å². The van der Waals surface area contributed by atoms with Crippen molar-refractivity contribution in [2.24, 2.45) is 0 Å². The fourth-order valence-corrected chi connectivity index (χ4v) is 2.51. The molecule has 0 aromatic carbocycles. The van der Waals surface area contributed by atoms with Gasteiger partial charge in [-0.25, -0.2) is 4.98 Å². The van der Waals surface area contributed by atoms with Crippen LogP contribution in [-0.4, -0.2) is 35.2 Å². The first-order valence-corrected chi connectivity index (χ1v) is 7.04. The van der Waals surface area contributed by atoms with Gasteiger partial charge in [0.2, 0.25) is 0 Å². The summed E-state index contributed by atoms with van der Waals surface area (Å²) in [6, 6.07) is 2.19. The van der Waals surface area contributed by atoms with Gasteiger partial charge in [-0.3, -0.25) is 4.79 Å². The summed E-state index contributed by atoms with van der Waals surface area (Å²) in [6.07, 6.45) is 4.58. The Labute approximate surface area is 129 Å². The van der Waals surface area contributed by atoms with Crippen LogP contribution < -0.4 is 10.6 Å². The zero-order chi connectivity index (χ0) is 13.9. The molecule has 1 atom stereocenters. The molecule has 21 heavy (non-hydrogen) atoms. The van der Waals surface area contributed by atoms with Crippen molar-refractivity contribution in [1.82, 2.24) is 20.8 Å². The number of halogens is 1. The number of hydrogen-bond donors (Lipinski definition) is 2. The predicted molar refractivity (Wildman–Crippen MR) is 81.8 cm³/mol. The van der Waals surface area contributed by atoms with Crippen LogP contribution in [0, 0.1) is 0 Å². The summed E-state index contributed by atoms with van der Waals surface area (Å²) in [4.78, 5) is 16.3. The average Bonchev–Trinajstić information content (AvgIpc) is 3.13. The largest absolute Gasteiger partial charge is 0.350 e. The first kappa shape index (κ1) is 15.7. The number of rotatable bonds is 4. The molecular weight excluding hydrogens is 292 g/mol. The van der Waals surface area contributed by atoms with E-state index in [4.69, 9.17) is 4.52 Å². The number of pyridine rings is 1. The maximum atomic E-state index is 12.1. The lowest BCUT2D eigenvalue weighted by molar-refractivity contribution is 0.0950. The second-order valence-electron chi connectivity index (χ2n) is 5.06. The molecule has 1 amide bonds. The molecule has 1 aliphatic rings. The molecule has 1 fully saturated rings. The molecule has 1 aliphatic heterocycles. The highest BCUT2D eigenvalue weighted by molar-refractivity contribution is 5.97. The van der Waals surface area contributed by atoms with E-state index in [-0.39, 0.29) is 18.3 Å². The van der Waals surface area contributed by atoms with Crippen LogP contribution in [0.1, 0.15) is 35.8 Å². The van der Waals surface area contributed by atoms with Crippen molar-refractivity contribution in [3.05, 3.63) is 23.5 Å². The SMILES string of the molecule is CCc1noc2ncc(C(=O)NCC3CCCN3)cc12.Cl. The number of nitrogens with zero attached hydrogens (tertiary/aromatic N) is 2. The third kappa shape index (κ3) is 3.33. The smallest absolute Gasteiger partial charge is 0.257 e. The third-order valence-corrected chi connectivity index (χ3v) is 3.67. The molecule has 0 saturated carbocycles. The van der Waals surface area contributed by atoms with Crippen LogP contribution in [0.15, 0.2) is 16.8 Å². The normalized spacial score (nSPS) is 17.7. The molecule has 0 spiro atoms. The van der Waals surface area contributed by atoms with Crippen molar-refractivity contribution in [2.45, 2.75) is 32.2 Å².